The van der Waals surface area contributed by atoms with Gasteiger partial charge in [0, 0.05) is 25.2 Å². The number of carbonyl (C=O) groups is 1. The minimum atomic E-state index is -0.0267. The van der Waals surface area contributed by atoms with Gasteiger partial charge in [0.1, 0.15) is 0 Å². The van der Waals surface area contributed by atoms with E-state index in [1.807, 2.05) is 42.2 Å². The maximum Gasteiger partial charge on any atom is 0.317 e. The van der Waals surface area contributed by atoms with Gasteiger partial charge in [-0.15, -0.1) is 0 Å². The van der Waals surface area contributed by atoms with E-state index in [0.29, 0.717) is 24.2 Å². The summed E-state index contributed by atoms with van der Waals surface area (Å²) in [6, 6.07) is 9.71. The number of piperidine rings is 1. The molecule has 6 heteroatoms. The van der Waals surface area contributed by atoms with Crippen molar-refractivity contribution in [2.75, 3.05) is 19.6 Å². The Morgan fingerprint density at radius 3 is 2.96 bits per heavy atom. The van der Waals surface area contributed by atoms with Crippen molar-refractivity contribution in [3.05, 3.63) is 36.2 Å². The first-order valence-corrected chi connectivity index (χ1v) is 8.55. The van der Waals surface area contributed by atoms with Crippen LogP contribution in [0.2, 0.25) is 0 Å². The van der Waals surface area contributed by atoms with Crippen LogP contribution >= 0.6 is 0 Å². The maximum absolute atomic E-state index is 12.3. The van der Waals surface area contributed by atoms with Crippen molar-refractivity contribution in [2.24, 2.45) is 5.92 Å². The molecule has 24 heavy (non-hydrogen) atoms. The van der Waals surface area contributed by atoms with Crippen LogP contribution < -0.4 is 5.32 Å². The van der Waals surface area contributed by atoms with Gasteiger partial charge in [-0.05, 0) is 18.8 Å². The Morgan fingerprint density at radius 2 is 2.21 bits per heavy atom. The van der Waals surface area contributed by atoms with E-state index < -0.39 is 0 Å². The first-order chi connectivity index (χ1) is 11.6. The Balaban J connectivity index is 1.54. The standard InChI is InChI=1S/C18H24N4O2/c1-13-7-6-10-22(12-13)18(23)19-11-14(2)17-20-16(21-24-17)15-8-4-3-5-9-15/h3-5,8-9,13-14H,6-7,10-12H2,1-2H3,(H,19,23). The van der Waals surface area contributed by atoms with Gasteiger partial charge in [0.15, 0.2) is 0 Å². The molecule has 128 valence electrons. The summed E-state index contributed by atoms with van der Waals surface area (Å²) < 4.78 is 5.35. The van der Waals surface area contributed by atoms with Crippen molar-refractivity contribution in [3.8, 4) is 11.4 Å². The maximum atomic E-state index is 12.3. The molecule has 6 nitrogen and oxygen atoms in total. The number of hydrogen-bond donors (Lipinski definition) is 1. The molecule has 0 aliphatic carbocycles. The molecule has 1 aromatic carbocycles. The summed E-state index contributed by atoms with van der Waals surface area (Å²) in [5.41, 5.74) is 0.922. The highest BCUT2D eigenvalue weighted by Gasteiger charge is 2.22. The molecular formula is C18H24N4O2. The van der Waals surface area contributed by atoms with Crippen LogP contribution in [0.25, 0.3) is 11.4 Å². The number of aromatic nitrogens is 2. The molecule has 0 spiro atoms. The average Bonchev–Trinajstić information content (AvgIpc) is 3.10. The topological polar surface area (TPSA) is 71.3 Å². The average molecular weight is 328 g/mol. The molecule has 2 amide bonds. The molecule has 2 unspecified atom stereocenters. The zero-order valence-corrected chi connectivity index (χ0v) is 14.2. The normalized spacial score (nSPS) is 19.1. The van der Waals surface area contributed by atoms with Crippen LogP contribution in [0.4, 0.5) is 4.79 Å². The second-order valence-corrected chi connectivity index (χ2v) is 6.60. The van der Waals surface area contributed by atoms with E-state index in [-0.39, 0.29) is 11.9 Å². The number of urea groups is 1. The largest absolute Gasteiger partial charge is 0.339 e. The van der Waals surface area contributed by atoms with Crippen LogP contribution in [-0.4, -0.2) is 40.7 Å². The molecule has 1 aliphatic rings. The predicted octanol–water partition coefficient (Wildman–Crippen LogP) is 3.28. The summed E-state index contributed by atoms with van der Waals surface area (Å²) in [5.74, 6) is 1.67. The number of hydrogen-bond acceptors (Lipinski definition) is 4. The SMILES string of the molecule is CC1CCCN(C(=O)NCC(C)c2nc(-c3ccccc3)no2)C1. The summed E-state index contributed by atoms with van der Waals surface area (Å²) in [4.78, 5) is 18.6. The lowest BCUT2D eigenvalue weighted by Gasteiger charge is -2.31. The fourth-order valence-corrected chi connectivity index (χ4v) is 2.95. The summed E-state index contributed by atoms with van der Waals surface area (Å²) in [5, 5.41) is 7.00. The predicted molar refractivity (Wildman–Crippen MR) is 91.5 cm³/mol. The van der Waals surface area contributed by atoms with Gasteiger partial charge in [-0.2, -0.15) is 4.98 Å². The smallest absolute Gasteiger partial charge is 0.317 e. The Morgan fingerprint density at radius 1 is 1.42 bits per heavy atom. The third kappa shape index (κ3) is 3.93. The Labute approximate surface area is 142 Å². The van der Waals surface area contributed by atoms with Gasteiger partial charge in [-0.25, -0.2) is 4.79 Å². The van der Waals surface area contributed by atoms with Gasteiger partial charge < -0.3 is 14.7 Å². The van der Waals surface area contributed by atoms with Gasteiger partial charge in [0.05, 0.1) is 5.92 Å². The molecule has 0 bridgehead atoms. The highest BCUT2D eigenvalue weighted by atomic mass is 16.5. The van der Waals surface area contributed by atoms with Gasteiger partial charge in [-0.3, -0.25) is 0 Å². The molecule has 2 aromatic rings. The van der Waals surface area contributed by atoms with Crippen LogP contribution in [0, 0.1) is 5.92 Å². The molecule has 1 aliphatic heterocycles. The number of benzene rings is 1. The number of carbonyl (C=O) groups excluding carboxylic acids is 1. The van der Waals surface area contributed by atoms with E-state index in [2.05, 4.69) is 22.4 Å². The fraction of sp³-hybridized carbons (Fsp3) is 0.500. The highest BCUT2D eigenvalue weighted by Crippen LogP contribution is 2.19. The van der Waals surface area contributed by atoms with Gasteiger partial charge >= 0.3 is 6.03 Å². The summed E-state index contributed by atoms with van der Waals surface area (Å²) >= 11 is 0. The minimum Gasteiger partial charge on any atom is -0.339 e. The van der Waals surface area contributed by atoms with E-state index in [4.69, 9.17) is 4.52 Å². The van der Waals surface area contributed by atoms with Gasteiger partial charge in [-0.1, -0.05) is 49.3 Å². The molecule has 1 aromatic heterocycles. The minimum absolute atomic E-state index is 0.00352. The molecule has 0 saturated carbocycles. The van der Waals surface area contributed by atoms with Crippen molar-refractivity contribution >= 4 is 6.03 Å². The van der Waals surface area contributed by atoms with Crippen molar-refractivity contribution in [1.29, 1.82) is 0 Å². The summed E-state index contributed by atoms with van der Waals surface area (Å²) in [6.07, 6.45) is 2.28. The van der Waals surface area contributed by atoms with E-state index >= 15 is 0 Å². The Bertz CT molecular complexity index is 671. The first kappa shape index (κ1) is 16.5. The molecule has 2 atom stereocenters. The molecule has 1 N–H and O–H groups in total. The van der Waals surface area contributed by atoms with Gasteiger partial charge in [0.25, 0.3) is 0 Å². The quantitative estimate of drug-likeness (QED) is 0.935. The number of nitrogens with one attached hydrogen (secondary N) is 1. The second-order valence-electron chi connectivity index (χ2n) is 6.60. The molecule has 0 radical (unpaired) electrons. The van der Waals surface area contributed by atoms with Crippen molar-refractivity contribution in [1.82, 2.24) is 20.4 Å². The zero-order chi connectivity index (χ0) is 16.9. The second kappa shape index (κ2) is 7.47. The van der Waals surface area contributed by atoms with E-state index in [0.717, 1.165) is 25.1 Å². The molecule has 1 fully saturated rings. The number of amides is 2. The zero-order valence-electron chi connectivity index (χ0n) is 14.2. The molecule has 1 saturated heterocycles. The third-order valence-electron chi connectivity index (χ3n) is 4.40. The van der Waals surface area contributed by atoms with Crippen molar-refractivity contribution in [2.45, 2.75) is 32.6 Å². The molecular weight excluding hydrogens is 304 g/mol. The number of nitrogens with zero attached hydrogens (tertiary/aromatic N) is 3. The number of likely N-dealkylation sites (tertiary alicyclic amines) is 1. The molecule has 3 rings (SSSR count). The summed E-state index contributed by atoms with van der Waals surface area (Å²) in [6.45, 7) is 6.31. The van der Waals surface area contributed by atoms with Crippen LogP contribution in [0.3, 0.4) is 0 Å². The monoisotopic (exact) mass is 328 g/mol. The first-order valence-electron chi connectivity index (χ1n) is 8.55. The van der Waals surface area contributed by atoms with Crippen LogP contribution in [-0.2, 0) is 0 Å². The number of rotatable bonds is 4. The summed E-state index contributed by atoms with van der Waals surface area (Å²) in [7, 11) is 0. The van der Waals surface area contributed by atoms with Crippen molar-refractivity contribution in [3.63, 3.8) is 0 Å². The van der Waals surface area contributed by atoms with Crippen LogP contribution in [0.5, 0.6) is 0 Å². The fourth-order valence-electron chi connectivity index (χ4n) is 2.95. The Kier molecular flexibility index (Phi) is 5.13. The van der Waals surface area contributed by atoms with Crippen LogP contribution in [0.1, 0.15) is 38.5 Å². The van der Waals surface area contributed by atoms with Gasteiger partial charge in [0.2, 0.25) is 11.7 Å². The van der Waals surface area contributed by atoms with E-state index in [1.54, 1.807) is 0 Å². The molecule has 2 heterocycles. The lowest BCUT2D eigenvalue weighted by atomic mass is 10.0. The third-order valence-corrected chi connectivity index (χ3v) is 4.40. The van der Waals surface area contributed by atoms with Crippen LogP contribution in [0.15, 0.2) is 34.9 Å². The van der Waals surface area contributed by atoms with Crippen molar-refractivity contribution < 1.29 is 9.32 Å². The van der Waals surface area contributed by atoms with E-state index in [1.165, 1.54) is 6.42 Å². The highest BCUT2D eigenvalue weighted by molar-refractivity contribution is 5.74. The Hall–Kier alpha value is -2.37. The van der Waals surface area contributed by atoms with E-state index in [9.17, 15) is 4.79 Å². The lowest BCUT2D eigenvalue weighted by Crippen LogP contribution is -2.45. The lowest BCUT2D eigenvalue weighted by molar-refractivity contribution is 0.169.